The number of ether oxygens (including phenoxy) is 1. The van der Waals surface area contributed by atoms with Crippen molar-refractivity contribution in [2.75, 3.05) is 6.54 Å². The fourth-order valence-electron chi connectivity index (χ4n) is 5.52. The fraction of sp³-hybridized carbons (Fsp3) is 0.833. The highest BCUT2D eigenvalue weighted by Crippen LogP contribution is 2.61. The normalized spacial score (nSPS) is 34.5. The van der Waals surface area contributed by atoms with Gasteiger partial charge in [-0.05, 0) is 75.5 Å². The quantitative estimate of drug-likeness (QED) is 0.755. The van der Waals surface area contributed by atoms with Gasteiger partial charge in [-0.2, -0.15) is 0 Å². The van der Waals surface area contributed by atoms with Crippen molar-refractivity contribution in [3.05, 3.63) is 0 Å². The molecule has 0 aromatic heterocycles. The summed E-state index contributed by atoms with van der Waals surface area (Å²) in [5.41, 5.74) is 0.0988. The van der Waals surface area contributed by atoms with E-state index in [1.54, 1.807) is 6.92 Å². The maximum atomic E-state index is 12.4. The molecule has 4 aliphatic rings. The summed E-state index contributed by atoms with van der Waals surface area (Å²) in [5.74, 6) is 1.45. The molecule has 134 valence electrons. The van der Waals surface area contributed by atoms with Crippen LogP contribution in [0.5, 0.6) is 0 Å². The number of rotatable bonds is 5. The molecular weight excluding hydrogens is 308 g/mol. The van der Waals surface area contributed by atoms with Crippen LogP contribution in [0.15, 0.2) is 0 Å². The van der Waals surface area contributed by atoms with Crippen LogP contribution < -0.4 is 10.6 Å². The first-order chi connectivity index (χ1) is 11.4. The fourth-order valence-corrected chi connectivity index (χ4v) is 5.52. The van der Waals surface area contributed by atoms with E-state index in [0.717, 1.165) is 37.0 Å². The van der Waals surface area contributed by atoms with Crippen molar-refractivity contribution in [1.29, 1.82) is 0 Å². The van der Waals surface area contributed by atoms with Crippen LogP contribution in [0.25, 0.3) is 0 Å². The average molecular weight is 336 g/mol. The van der Waals surface area contributed by atoms with Gasteiger partial charge in [0.1, 0.15) is 0 Å². The van der Waals surface area contributed by atoms with Gasteiger partial charge in [0.05, 0.1) is 6.42 Å². The van der Waals surface area contributed by atoms with Crippen molar-refractivity contribution in [2.24, 2.45) is 23.2 Å². The zero-order valence-corrected chi connectivity index (χ0v) is 14.6. The summed E-state index contributed by atoms with van der Waals surface area (Å²) in [6.45, 7) is 3.70. The lowest BCUT2D eigenvalue weighted by atomic mass is 9.49. The Kier molecular flexibility index (Phi) is 4.83. The zero-order valence-electron chi connectivity index (χ0n) is 14.6. The molecule has 0 radical (unpaired) electrons. The summed E-state index contributed by atoms with van der Waals surface area (Å²) in [6.07, 6.45) is 6.86. The van der Waals surface area contributed by atoms with Gasteiger partial charge in [-0.15, -0.1) is 0 Å². The Balaban J connectivity index is 1.50. The van der Waals surface area contributed by atoms with Crippen LogP contribution in [0, 0.1) is 23.2 Å². The number of amides is 3. The van der Waals surface area contributed by atoms with Crippen LogP contribution in [0.4, 0.5) is 4.79 Å². The Morgan fingerprint density at radius 2 is 1.62 bits per heavy atom. The molecule has 1 unspecified atom stereocenters. The van der Waals surface area contributed by atoms with Gasteiger partial charge in [0.25, 0.3) is 5.91 Å². The van der Waals surface area contributed by atoms with Crippen LogP contribution in [0.2, 0.25) is 0 Å². The Labute approximate surface area is 143 Å². The minimum Gasteiger partial charge on any atom is -0.453 e. The molecule has 1 atom stereocenters. The van der Waals surface area contributed by atoms with Gasteiger partial charge in [0, 0.05) is 6.54 Å². The van der Waals surface area contributed by atoms with Crippen molar-refractivity contribution in [2.45, 2.75) is 64.9 Å². The molecule has 3 amide bonds. The molecule has 4 rings (SSSR count). The monoisotopic (exact) mass is 336 g/mol. The molecule has 0 aromatic rings. The van der Waals surface area contributed by atoms with Crippen molar-refractivity contribution in [1.82, 2.24) is 10.6 Å². The SMILES string of the molecule is CCNC(=O)NC(=O)C(C)OC(=O)CC12CC3CC(CC(C3)C1)C2. The topological polar surface area (TPSA) is 84.5 Å². The molecular formula is C18H28N2O4. The van der Waals surface area contributed by atoms with E-state index in [-0.39, 0.29) is 11.4 Å². The van der Waals surface area contributed by atoms with E-state index in [9.17, 15) is 14.4 Å². The van der Waals surface area contributed by atoms with E-state index in [0.29, 0.717) is 13.0 Å². The molecule has 0 aromatic carbocycles. The number of hydrogen-bond acceptors (Lipinski definition) is 4. The average Bonchev–Trinajstić information content (AvgIpc) is 2.44. The van der Waals surface area contributed by atoms with Crippen LogP contribution in [-0.4, -0.2) is 30.6 Å². The van der Waals surface area contributed by atoms with Gasteiger partial charge in [-0.25, -0.2) is 4.79 Å². The molecule has 6 heteroatoms. The van der Waals surface area contributed by atoms with Crippen LogP contribution in [0.1, 0.15) is 58.8 Å². The maximum Gasteiger partial charge on any atom is 0.321 e. The minimum atomic E-state index is -0.950. The Morgan fingerprint density at radius 1 is 1.08 bits per heavy atom. The molecule has 2 N–H and O–H groups in total. The highest BCUT2D eigenvalue weighted by atomic mass is 16.5. The molecule has 0 saturated heterocycles. The number of urea groups is 1. The molecule has 0 heterocycles. The zero-order chi connectivity index (χ0) is 17.3. The van der Waals surface area contributed by atoms with Crippen LogP contribution >= 0.6 is 0 Å². The largest absolute Gasteiger partial charge is 0.453 e. The maximum absolute atomic E-state index is 12.4. The number of imide groups is 1. The number of carbonyl (C=O) groups excluding carboxylic acids is 3. The predicted octanol–water partition coefficient (Wildman–Crippen LogP) is 2.37. The number of hydrogen-bond donors (Lipinski definition) is 2. The molecule has 0 aliphatic heterocycles. The molecule has 4 saturated carbocycles. The second-order valence-corrected chi connectivity index (χ2v) is 8.08. The lowest BCUT2D eigenvalue weighted by molar-refractivity contribution is -0.161. The van der Waals surface area contributed by atoms with E-state index >= 15 is 0 Å². The van der Waals surface area contributed by atoms with Crippen LogP contribution in [-0.2, 0) is 14.3 Å². The van der Waals surface area contributed by atoms with Crippen molar-refractivity contribution in [3.8, 4) is 0 Å². The third kappa shape index (κ3) is 3.73. The van der Waals surface area contributed by atoms with E-state index < -0.39 is 18.0 Å². The Bertz CT molecular complexity index is 496. The Hall–Kier alpha value is -1.59. The van der Waals surface area contributed by atoms with E-state index in [4.69, 9.17) is 4.74 Å². The number of nitrogens with one attached hydrogen (secondary N) is 2. The van der Waals surface area contributed by atoms with Crippen LogP contribution in [0.3, 0.4) is 0 Å². The molecule has 4 aliphatic carbocycles. The first-order valence-corrected chi connectivity index (χ1v) is 9.17. The summed E-state index contributed by atoms with van der Waals surface area (Å²) in [4.78, 5) is 35.6. The first kappa shape index (κ1) is 17.2. The summed E-state index contributed by atoms with van der Waals surface area (Å²) >= 11 is 0. The van der Waals surface area contributed by atoms with Gasteiger partial charge < -0.3 is 10.1 Å². The summed E-state index contributed by atoms with van der Waals surface area (Å²) in [7, 11) is 0. The Morgan fingerprint density at radius 3 is 2.12 bits per heavy atom. The summed E-state index contributed by atoms with van der Waals surface area (Å²) in [6, 6.07) is -0.563. The van der Waals surface area contributed by atoms with E-state index in [1.807, 2.05) is 0 Å². The third-order valence-electron chi connectivity index (χ3n) is 5.94. The number of carbonyl (C=O) groups is 3. The highest BCUT2D eigenvalue weighted by Gasteiger charge is 2.51. The molecule has 0 spiro atoms. The van der Waals surface area contributed by atoms with Gasteiger partial charge >= 0.3 is 12.0 Å². The lowest BCUT2D eigenvalue weighted by Gasteiger charge is -2.56. The van der Waals surface area contributed by atoms with E-state index in [1.165, 1.54) is 26.2 Å². The third-order valence-corrected chi connectivity index (χ3v) is 5.94. The summed E-state index contributed by atoms with van der Waals surface area (Å²) in [5, 5.41) is 4.66. The second-order valence-electron chi connectivity index (χ2n) is 8.08. The number of esters is 1. The summed E-state index contributed by atoms with van der Waals surface area (Å²) < 4.78 is 5.30. The molecule has 4 bridgehead atoms. The molecule has 4 fully saturated rings. The predicted molar refractivity (Wildman–Crippen MR) is 88.0 cm³/mol. The molecule has 24 heavy (non-hydrogen) atoms. The second kappa shape index (κ2) is 6.73. The highest BCUT2D eigenvalue weighted by molar-refractivity contribution is 5.97. The van der Waals surface area contributed by atoms with Crippen molar-refractivity contribution < 1.29 is 19.1 Å². The van der Waals surface area contributed by atoms with Gasteiger partial charge in [0.2, 0.25) is 0 Å². The first-order valence-electron chi connectivity index (χ1n) is 9.17. The smallest absolute Gasteiger partial charge is 0.321 e. The van der Waals surface area contributed by atoms with Gasteiger partial charge in [-0.3, -0.25) is 14.9 Å². The lowest BCUT2D eigenvalue weighted by Crippen LogP contribution is -2.48. The molecule has 6 nitrogen and oxygen atoms in total. The van der Waals surface area contributed by atoms with Gasteiger partial charge in [-0.1, -0.05) is 0 Å². The van der Waals surface area contributed by atoms with Crippen molar-refractivity contribution in [3.63, 3.8) is 0 Å². The minimum absolute atomic E-state index is 0.0988. The van der Waals surface area contributed by atoms with E-state index in [2.05, 4.69) is 10.6 Å². The standard InChI is InChI=1S/C18H28N2O4/c1-3-19-17(23)20-16(22)11(2)24-15(21)10-18-7-12-4-13(8-18)6-14(5-12)9-18/h11-14H,3-10H2,1-2H3,(H2,19,20,22,23). The van der Waals surface area contributed by atoms with Gasteiger partial charge in [0.15, 0.2) is 6.10 Å². The van der Waals surface area contributed by atoms with Crippen molar-refractivity contribution >= 4 is 17.9 Å².